The fourth-order valence-corrected chi connectivity index (χ4v) is 2.17. The molecule has 0 saturated carbocycles. The van der Waals surface area contributed by atoms with Crippen molar-refractivity contribution in [3.63, 3.8) is 0 Å². The summed E-state index contributed by atoms with van der Waals surface area (Å²) < 4.78 is 5.66. The van der Waals surface area contributed by atoms with E-state index in [1.54, 1.807) is 0 Å². The molecule has 1 atom stereocenters. The third-order valence-electron chi connectivity index (χ3n) is 3.78. The van der Waals surface area contributed by atoms with E-state index >= 15 is 0 Å². The predicted molar refractivity (Wildman–Crippen MR) is 84.4 cm³/mol. The molecule has 0 bridgehead atoms. The van der Waals surface area contributed by atoms with E-state index in [2.05, 4.69) is 13.8 Å². The summed E-state index contributed by atoms with van der Waals surface area (Å²) in [6, 6.07) is 5.85. The van der Waals surface area contributed by atoms with Crippen LogP contribution in [-0.4, -0.2) is 18.5 Å². The third-order valence-corrected chi connectivity index (χ3v) is 3.78. The molecule has 0 saturated heterocycles. The number of hydrogen-bond acceptors (Lipinski definition) is 2. The highest BCUT2D eigenvalue weighted by Gasteiger charge is 2.15. The summed E-state index contributed by atoms with van der Waals surface area (Å²) in [6.45, 7) is 8.83. The van der Waals surface area contributed by atoms with E-state index in [1.165, 1.54) is 31.2 Å². The number of ketones is 1. The molecule has 0 aliphatic carbocycles. The lowest BCUT2D eigenvalue weighted by atomic mass is 10.0. The molecule has 0 radical (unpaired) electrons. The van der Waals surface area contributed by atoms with E-state index in [9.17, 15) is 4.79 Å². The van der Waals surface area contributed by atoms with Gasteiger partial charge in [0.25, 0.3) is 0 Å². The van der Waals surface area contributed by atoms with Gasteiger partial charge in [-0.3, -0.25) is 4.79 Å². The lowest BCUT2D eigenvalue weighted by Gasteiger charge is -2.13. The minimum absolute atomic E-state index is 0.0849. The number of rotatable bonds is 9. The number of unbranched alkanes of at least 4 members (excludes halogenated alkanes) is 4. The lowest BCUT2D eigenvalue weighted by molar-refractivity contribution is 0.0464. The maximum absolute atomic E-state index is 12.2. The Balaban J connectivity index is 2.37. The van der Waals surface area contributed by atoms with Gasteiger partial charge in [-0.1, -0.05) is 44.7 Å². The predicted octanol–water partition coefficient (Wildman–Crippen LogP) is 4.86. The summed E-state index contributed by atoms with van der Waals surface area (Å²) in [6.07, 6.45) is 5.70. The molecule has 1 rings (SSSR count). The second-order valence-corrected chi connectivity index (χ2v) is 5.59. The average Bonchev–Trinajstić information content (AvgIpc) is 2.44. The third kappa shape index (κ3) is 5.46. The zero-order valence-electron chi connectivity index (χ0n) is 13.4. The first kappa shape index (κ1) is 16.9. The molecule has 112 valence electrons. The zero-order valence-corrected chi connectivity index (χ0v) is 13.4. The van der Waals surface area contributed by atoms with Crippen LogP contribution in [0.5, 0.6) is 0 Å². The van der Waals surface area contributed by atoms with Crippen molar-refractivity contribution < 1.29 is 9.53 Å². The van der Waals surface area contributed by atoms with Crippen molar-refractivity contribution in [1.29, 1.82) is 0 Å². The second-order valence-electron chi connectivity index (χ2n) is 5.59. The fraction of sp³-hybridized carbons (Fsp3) is 0.611. The molecular formula is C18H28O2. The van der Waals surface area contributed by atoms with Crippen LogP contribution in [0.1, 0.15) is 67.4 Å². The summed E-state index contributed by atoms with van der Waals surface area (Å²) in [5.74, 6) is 0.0849. The van der Waals surface area contributed by atoms with E-state index < -0.39 is 0 Å². The van der Waals surface area contributed by atoms with Crippen LogP contribution in [0, 0.1) is 13.8 Å². The molecule has 0 amide bonds. The molecule has 0 aliphatic heterocycles. The van der Waals surface area contributed by atoms with Crippen LogP contribution in [-0.2, 0) is 4.74 Å². The molecule has 1 aromatic rings. The van der Waals surface area contributed by atoms with Crippen LogP contribution >= 0.6 is 0 Å². The Morgan fingerprint density at radius 2 is 1.80 bits per heavy atom. The highest BCUT2D eigenvalue weighted by atomic mass is 16.5. The van der Waals surface area contributed by atoms with Crippen molar-refractivity contribution in [2.45, 2.75) is 65.9 Å². The van der Waals surface area contributed by atoms with E-state index in [0.717, 1.165) is 17.5 Å². The van der Waals surface area contributed by atoms with E-state index in [4.69, 9.17) is 4.74 Å². The number of ether oxygens (including phenoxy) is 1. The van der Waals surface area contributed by atoms with Gasteiger partial charge < -0.3 is 4.74 Å². The van der Waals surface area contributed by atoms with Crippen LogP contribution in [0.2, 0.25) is 0 Å². The van der Waals surface area contributed by atoms with E-state index in [1.807, 2.05) is 32.0 Å². The van der Waals surface area contributed by atoms with Crippen LogP contribution in [0.15, 0.2) is 18.2 Å². The Morgan fingerprint density at radius 1 is 1.10 bits per heavy atom. The monoisotopic (exact) mass is 276 g/mol. The van der Waals surface area contributed by atoms with Crippen LogP contribution in [0.3, 0.4) is 0 Å². The summed E-state index contributed by atoms with van der Waals surface area (Å²) >= 11 is 0. The van der Waals surface area contributed by atoms with Crippen molar-refractivity contribution in [3.8, 4) is 0 Å². The minimum Gasteiger partial charge on any atom is -0.370 e. The van der Waals surface area contributed by atoms with Gasteiger partial charge in [-0.15, -0.1) is 0 Å². The van der Waals surface area contributed by atoms with Crippen molar-refractivity contribution in [1.82, 2.24) is 0 Å². The van der Waals surface area contributed by atoms with Gasteiger partial charge in [0.15, 0.2) is 5.78 Å². The Hall–Kier alpha value is -1.15. The molecule has 1 unspecified atom stereocenters. The first-order valence-corrected chi connectivity index (χ1v) is 7.79. The number of benzene rings is 1. The normalized spacial score (nSPS) is 12.4. The highest BCUT2D eigenvalue weighted by molar-refractivity contribution is 5.99. The molecular weight excluding hydrogens is 248 g/mol. The second kappa shape index (κ2) is 8.91. The van der Waals surface area contributed by atoms with Gasteiger partial charge in [0.1, 0.15) is 6.10 Å². The molecule has 0 fully saturated rings. The van der Waals surface area contributed by atoms with Gasteiger partial charge >= 0.3 is 0 Å². The molecule has 1 aromatic carbocycles. The maximum Gasteiger partial charge on any atom is 0.191 e. The molecule has 2 nitrogen and oxygen atoms in total. The Labute approximate surface area is 123 Å². The first-order valence-electron chi connectivity index (χ1n) is 7.79. The summed E-state index contributed by atoms with van der Waals surface area (Å²) in [5, 5.41) is 0. The van der Waals surface area contributed by atoms with E-state index in [-0.39, 0.29) is 11.9 Å². The number of hydrogen-bond donors (Lipinski definition) is 0. The van der Waals surface area contributed by atoms with Crippen LogP contribution in [0.4, 0.5) is 0 Å². The molecule has 2 heteroatoms. The standard InChI is InChI=1S/C18H28O2/c1-5-6-7-8-9-12-20-16(4)18(19)17-11-10-14(2)15(3)13-17/h10-11,13,16H,5-9,12H2,1-4H3. The largest absolute Gasteiger partial charge is 0.370 e. The van der Waals surface area contributed by atoms with E-state index in [0.29, 0.717) is 6.61 Å². The number of aryl methyl sites for hydroxylation is 2. The molecule has 0 aromatic heterocycles. The van der Waals surface area contributed by atoms with Crippen molar-refractivity contribution in [3.05, 3.63) is 34.9 Å². The zero-order chi connectivity index (χ0) is 15.0. The highest BCUT2D eigenvalue weighted by Crippen LogP contribution is 2.13. The maximum atomic E-state index is 12.2. The quantitative estimate of drug-likeness (QED) is 0.475. The molecule has 0 aliphatic rings. The molecule has 0 heterocycles. The van der Waals surface area contributed by atoms with Crippen LogP contribution < -0.4 is 0 Å². The Kier molecular flexibility index (Phi) is 7.53. The number of Topliss-reactive ketones (excluding diaryl/α,β-unsaturated/α-hetero) is 1. The van der Waals surface area contributed by atoms with Gasteiger partial charge in [0.2, 0.25) is 0 Å². The molecule has 20 heavy (non-hydrogen) atoms. The number of carbonyl (C=O) groups excluding carboxylic acids is 1. The van der Waals surface area contributed by atoms with Gasteiger partial charge in [0, 0.05) is 12.2 Å². The SMILES string of the molecule is CCCCCCCOC(C)C(=O)c1ccc(C)c(C)c1. The lowest BCUT2D eigenvalue weighted by Crippen LogP contribution is -2.21. The van der Waals surface area contributed by atoms with Gasteiger partial charge in [-0.05, 0) is 44.4 Å². The average molecular weight is 276 g/mol. The molecule has 0 N–H and O–H groups in total. The van der Waals surface area contributed by atoms with Gasteiger partial charge in [0.05, 0.1) is 0 Å². The number of carbonyl (C=O) groups is 1. The smallest absolute Gasteiger partial charge is 0.191 e. The van der Waals surface area contributed by atoms with Gasteiger partial charge in [-0.25, -0.2) is 0 Å². The molecule has 0 spiro atoms. The topological polar surface area (TPSA) is 26.3 Å². The Bertz CT molecular complexity index is 423. The minimum atomic E-state index is -0.344. The Morgan fingerprint density at radius 3 is 2.45 bits per heavy atom. The first-order chi connectivity index (χ1) is 9.56. The summed E-state index contributed by atoms with van der Waals surface area (Å²) in [4.78, 5) is 12.2. The summed E-state index contributed by atoms with van der Waals surface area (Å²) in [5.41, 5.74) is 3.13. The van der Waals surface area contributed by atoms with Crippen molar-refractivity contribution in [2.75, 3.05) is 6.61 Å². The van der Waals surface area contributed by atoms with Crippen molar-refractivity contribution >= 4 is 5.78 Å². The van der Waals surface area contributed by atoms with Crippen LogP contribution in [0.25, 0.3) is 0 Å². The van der Waals surface area contributed by atoms with Gasteiger partial charge in [-0.2, -0.15) is 0 Å². The fourth-order valence-electron chi connectivity index (χ4n) is 2.17. The summed E-state index contributed by atoms with van der Waals surface area (Å²) in [7, 11) is 0. The van der Waals surface area contributed by atoms with Crippen molar-refractivity contribution in [2.24, 2.45) is 0 Å².